The predicted octanol–water partition coefficient (Wildman–Crippen LogP) is 3.15. The number of carbonyl (C=O) groups is 1. The SMILES string of the molecule is Nc1ccc(C(=O)c2ccccc2Cl)cc1. The number of anilines is 1. The molecule has 2 nitrogen and oxygen atoms in total. The van der Waals surface area contributed by atoms with Crippen molar-refractivity contribution in [1.29, 1.82) is 0 Å². The van der Waals surface area contributed by atoms with E-state index >= 15 is 0 Å². The lowest BCUT2D eigenvalue weighted by Gasteiger charge is -2.03. The third-order valence-corrected chi connectivity index (χ3v) is 2.62. The molecule has 0 aliphatic rings. The zero-order chi connectivity index (χ0) is 11.5. The van der Waals surface area contributed by atoms with E-state index in [1.54, 1.807) is 48.5 Å². The topological polar surface area (TPSA) is 43.1 Å². The molecule has 2 rings (SSSR count). The first-order valence-corrected chi connectivity index (χ1v) is 5.21. The van der Waals surface area contributed by atoms with Crippen molar-refractivity contribution < 1.29 is 4.79 Å². The quantitative estimate of drug-likeness (QED) is 0.637. The average Bonchev–Trinajstić information content (AvgIpc) is 2.30. The largest absolute Gasteiger partial charge is 0.399 e. The van der Waals surface area contributed by atoms with Gasteiger partial charge in [0.05, 0.1) is 5.02 Å². The van der Waals surface area contributed by atoms with Gasteiger partial charge in [0.1, 0.15) is 0 Å². The first-order chi connectivity index (χ1) is 7.68. The first kappa shape index (κ1) is 10.7. The van der Waals surface area contributed by atoms with Crippen LogP contribution in [0.2, 0.25) is 5.02 Å². The Morgan fingerprint density at radius 2 is 1.62 bits per heavy atom. The highest BCUT2D eigenvalue weighted by atomic mass is 35.5. The number of nitrogen functional groups attached to an aromatic ring is 1. The van der Waals surface area contributed by atoms with Gasteiger partial charge in [-0.05, 0) is 36.4 Å². The Morgan fingerprint density at radius 1 is 1.00 bits per heavy atom. The van der Waals surface area contributed by atoms with Crippen molar-refractivity contribution in [2.75, 3.05) is 5.73 Å². The summed E-state index contributed by atoms with van der Waals surface area (Å²) in [6.45, 7) is 0. The third kappa shape index (κ3) is 2.07. The summed E-state index contributed by atoms with van der Waals surface area (Å²) in [5.41, 5.74) is 7.29. The Kier molecular flexibility index (Phi) is 2.93. The Labute approximate surface area is 98.7 Å². The molecule has 0 atom stereocenters. The Balaban J connectivity index is 2.40. The smallest absolute Gasteiger partial charge is 0.194 e. The van der Waals surface area contributed by atoms with Crippen molar-refractivity contribution in [3.8, 4) is 0 Å². The summed E-state index contributed by atoms with van der Waals surface area (Å²) < 4.78 is 0. The minimum absolute atomic E-state index is 0.0920. The maximum Gasteiger partial charge on any atom is 0.194 e. The van der Waals surface area contributed by atoms with Crippen molar-refractivity contribution in [3.05, 3.63) is 64.7 Å². The highest BCUT2D eigenvalue weighted by Crippen LogP contribution is 2.19. The van der Waals surface area contributed by atoms with Crippen LogP contribution in [0, 0.1) is 0 Å². The van der Waals surface area contributed by atoms with Crippen LogP contribution in [0.15, 0.2) is 48.5 Å². The summed E-state index contributed by atoms with van der Waals surface area (Å²) in [6, 6.07) is 13.8. The molecule has 0 aliphatic heterocycles. The molecular formula is C13H10ClNO. The van der Waals surface area contributed by atoms with Crippen molar-refractivity contribution in [1.82, 2.24) is 0 Å². The molecule has 0 saturated heterocycles. The zero-order valence-corrected chi connectivity index (χ0v) is 9.24. The average molecular weight is 232 g/mol. The molecule has 0 fully saturated rings. The second kappa shape index (κ2) is 4.37. The third-order valence-electron chi connectivity index (χ3n) is 2.29. The van der Waals surface area contributed by atoms with Crippen LogP contribution in [0.1, 0.15) is 15.9 Å². The summed E-state index contributed by atoms with van der Waals surface area (Å²) in [5.74, 6) is -0.0920. The van der Waals surface area contributed by atoms with Gasteiger partial charge < -0.3 is 5.73 Å². The fourth-order valence-corrected chi connectivity index (χ4v) is 1.66. The number of halogens is 1. The second-order valence-electron chi connectivity index (χ2n) is 3.43. The van der Waals surface area contributed by atoms with E-state index in [0.717, 1.165) is 0 Å². The zero-order valence-electron chi connectivity index (χ0n) is 8.48. The van der Waals surface area contributed by atoms with Crippen LogP contribution in [0.25, 0.3) is 0 Å². The number of carbonyl (C=O) groups excluding carboxylic acids is 1. The second-order valence-corrected chi connectivity index (χ2v) is 3.84. The Morgan fingerprint density at radius 3 is 2.25 bits per heavy atom. The number of rotatable bonds is 2. The van der Waals surface area contributed by atoms with Crippen LogP contribution in [0.5, 0.6) is 0 Å². The van der Waals surface area contributed by atoms with Crippen molar-refractivity contribution in [3.63, 3.8) is 0 Å². The molecule has 16 heavy (non-hydrogen) atoms. The molecule has 3 heteroatoms. The fourth-order valence-electron chi connectivity index (χ4n) is 1.44. The molecule has 0 saturated carbocycles. The van der Waals surface area contributed by atoms with Gasteiger partial charge >= 0.3 is 0 Å². The van der Waals surface area contributed by atoms with Crippen LogP contribution in [-0.4, -0.2) is 5.78 Å². The summed E-state index contributed by atoms with van der Waals surface area (Å²) in [6.07, 6.45) is 0. The van der Waals surface area contributed by atoms with E-state index in [9.17, 15) is 4.79 Å². The van der Waals surface area contributed by atoms with Gasteiger partial charge in [0.15, 0.2) is 5.78 Å². The van der Waals surface area contributed by atoms with Crippen LogP contribution in [-0.2, 0) is 0 Å². The van der Waals surface area contributed by atoms with E-state index < -0.39 is 0 Å². The highest BCUT2D eigenvalue weighted by molar-refractivity contribution is 6.34. The number of hydrogen-bond acceptors (Lipinski definition) is 2. The van der Waals surface area contributed by atoms with Crippen molar-refractivity contribution in [2.24, 2.45) is 0 Å². The van der Waals surface area contributed by atoms with Crippen molar-refractivity contribution >= 4 is 23.1 Å². The fraction of sp³-hybridized carbons (Fsp3) is 0. The maximum atomic E-state index is 12.1. The standard InChI is InChI=1S/C13H10ClNO/c14-12-4-2-1-3-11(12)13(16)9-5-7-10(15)8-6-9/h1-8H,15H2. The minimum Gasteiger partial charge on any atom is -0.399 e. The van der Waals surface area contributed by atoms with E-state index in [4.69, 9.17) is 17.3 Å². The van der Waals surface area contributed by atoms with Gasteiger partial charge in [0.25, 0.3) is 0 Å². The molecule has 0 spiro atoms. The summed E-state index contributed by atoms with van der Waals surface area (Å²) in [5, 5.41) is 0.462. The van der Waals surface area contributed by atoms with Gasteiger partial charge in [-0.2, -0.15) is 0 Å². The van der Waals surface area contributed by atoms with Gasteiger partial charge in [-0.15, -0.1) is 0 Å². The van der Waals surface area contributed by atoms with Crippen LogP contribution in [0.4, 0.5) is 5.69 Å². The van der Waals surface area contributed by atoms with Gasteiger partial charge in [-0.25, -0.2) is 0 Å². The molecule has 0 unspecified atom stereocenters. The lowest BCUT2D eigenvalue weighted by atomic mass is 10.0. The van der Waals surface area contributed by atoms with Crippen LogP contribution >= 0.6 is 11.6 Å². The predicted molar refractivity (Wildman–Crippen MR) is 65.7 cm³/mol. The molecule has 80 valence electrons. The molecule has 0 aromatic heterocycles. The van der Waals surface area contributed by atoms with E-state index in [2.05, 4.69) is 0 Å². The summed E-state index contributed by atoms with van der Waals surface area (Å²) >= 11 is 5.95. The first-order valence-electron chi connectivity index (χ1n) is 4.83. The number of hydrogen-bond donors (Lipinski definition) is 1. The number of benzene rings is 2. The van der Waals surface area contributed by atoms with Crippen LogP contribution < -0.4 is 5.73 Å². The highest BCUT2D eigenvalue weighted by Gasteiger charge is 2.11. The van der Waals surface area contributed by atoms with Crippen LogP contribution in [0.3, 0.4) is 0 Å². The van der Waals surface area contributed by atoms with E-state index in [1.165, 1.54) is 0 Å². The Hall–Kier alpha value is -1.80. The summed E-state index contributed by atoms with van der Waals surface area (Å²) in [7, 11) is 0. The van der Waals surface area contributed by atoms with Crippen molar-refractivity contribution in [2.45, 2.75) is 0 Å². The minimum atomic E-state index is -0.0920. The van der Waals surface area contributed by atoms with E-state index in [-0.39, 0.29) is 5.78 Å². The number of nitrogens with two attached hydrogens (primary N) is 1. The molecule has 2 aromatic rings. The van der Waals surface area contributed by atoms with Gasteiger partial charge in [0.2, 0.25) is 0 Å². The van der Waals surface area contributed by atoms with Gasteiger partial charge in [-0.1, -0.05) is 23.7 Å². The van der Waals surface area contributed by atoms with Gasteiger partial charge in [0, 0.05) is 16.8 Å². The lowest BCUT2D eigenvalue weighted by Crippen LogP contribution is -2.02. The normalized spacial score (nSPS) is 10.1. The molecule has 0 aliphatic carbocycles. The van der Waals surface area contributed by atoms with E-state index in [0.29, 0.717) is 21.8 Å². The maximum absolute atomic E-state index is 12.1. The lowest BCUT2D eigenvalue weighted by molar-refractivity contribution is 0.103. The molecule has 0 amide bonds. The summed E-state index contributed by atoms with van der Waals surface area (Å²) in [4.78, 5) is 12.1. The molecular weight excluding hydrogens is 222 g/mol. The Bertz CT molecular complexity index is 520. The van der Waals surface area contributed by atoms with Gasteiger partial charge in [-0.3, -0.25) is 4.79 Å². The molecule has 0 heterocycles. The molecule has 0 bridgehead atoms. The molecule has 0 radical (unpaired) electrons. The molecule has 2 aromatic carbocycles. The van der Waals surface area contributed by atoms with E-state index in [1.807, 2.05) is 0 Å². The molecule has 2 N–H and O–H groups in total. The number of ketones is 1. The monoisotopic (exact) mass is 231 g/mol.